The van der Waals surface area contributed by atoms with Gasteiger partial charge in [0.25, 0.3) is 0 Å². The van der Waals surface area contributed by atoms with Crippen LogP contribution in [0.2, 0.25) is 0 Å². The van der Waals surface area contributed by atoms with Gasteiger partial charge in [-0.25, -0.2) is 9.78 Å². The van der Waals surface area contributed by atoms with E-state index in [1.165, 1.54) is 12.3 Å². The quantitative estimate of drug-likeness (QED) is 0.460. The number of nitrogens with one attached hydrogen (secondary N) is 3. The minimum atomic E-state index is -2.62. The smallest absolute Gasteiger partial charge is 0.417 e. The van der Waals surface area contributed by atoms with Gasteiger partial charge in [-0.15, -0.1) is 0 Å². The van der Waals surface area contributed by atoms with Gasteiger partial charge in [-0.05, 0) is 56.1 Å². The van der Waals surface area contributed by atoms with Crippen molar-refractivity contribution in [3.63, 3.8) is 0 Å². The summed E-state index contributed by atoms with van der Waals surface area (Å²) in [5.74, 6) is -0.340. The number of nitrogens with zero attached hydrogens (tertiary/aromatic N) is 2. The van der Waals surface area contributed by atoms with E-state index < -0.39 is 19.6 Å². The Bertz CT molecular complexity index is 1460. The van der Waals surface area contributed by atoms with E-state index >= 15 is 0 Å². The molecular weight excluding hydrogens is 370 g/mol. The normalized spacial score (nSPS) is 14.8. The molecule has 0 aliphatic carbocycles. The Morgan fingerprint density at radius 2 is 2.03 bits per heavy atom. The van der Waals surface area contributed by atoms with Crippen LogP contribution in [0.15, 0.2) is 45.7 Å². The van der Waals surface area contributed by atoms with Crippen LogP contribution < -0.4 is 21.1 Å². The van der Waals surface area contributed by atoms with Crippen molar-refractivity contribution >= 4 is 34.2 Å². The highest BCUT2D eigenvalue weighted by Crippen LogP contribution is 2.28. The average Bonchev–Trinajstić information content (AvgIpc) is 3.09. The molecule has 0 amide bonds. The first-order chi connectivity index (χ1) is 16.3. The maximum atomic E-state index is 11.4. The molecule has 4 rings (SSSR count). The molecule has 0 radical (unpaired) electrons. The molecule has 0 saturated carbocycles. The molecule has 29 heavy (non-hydrogen) atoms. The third-order valence-electron chi connectivity index (χ3n) is 4.46. The van der Waals surface area contributed by atoms with Crippen molar-refractivity contribution in [2.24, 2.45) is 0 Å². The molecule has 0 saturated heterocycles. The average molecular weight is 397 g/mol. The number of aromatic nitrogens is 3. The zero-order valence-corrected chi connectivity index (χ0v) is 15.6. The van der Waals surface area contributed by atoms with Crippen molar-refractivity contribution in [3.05, 3.63) is 63.8 Å². The van der Waals surface area contributed by atoms with E-state index in [0.717, 1.165) is 5.56 Å². The van der Waals surface area contributed by atoms with Gasteiger partial charge in [0.05, 0.1) is 16.7 Å². The predicted octanol–water partition coefficient (Wildman–Crippen LogP) is 4.33. The molecule has 8 heteroatoms. The number of H-pyrrole nitrogens is 1. The fourth-order valence-electron chi connectivity index (χ4n) is 2.84. The molecule has 2 heterocycles. The molecule has 0 bridgehead atoms. The molecular formula is C21H21N5O3. The maximum absolute atomic E-state index is 11.4. The Morgan fingerprint density at radius 1 is 1.14 bits per heavy atom. The van der Waals surface area contributed by atoms with E-state index in [9.17, 15) is 4.79 Å². The molecule has 2 aromatic heterocycles. The predicted molar refractivity (Wildman–Crippen MR) is 113 cm³/mol. The molecule has 3 N–H and O–H groups in total. The number of oxazole rings is 1. The van der Waals surface area contributed by atoms with Crippen LogP contribution in [0.5, 0.6) is 5.75 Å². The summed E-state index contributed by atoms with van der Waals surface area (Å²) >= 11 is 0. The molecule has 148 valence electrons. The summed E-state index contributed by atoms with van der Waals surface area (Å²) in [6.07, 6.45) is 1.18. The number of hydrogen-bond donors (Lipinski definition) is 3. The van der Waals surface area contributed by atoms with Crippen molar-refractivity contribution in [2.45, 2.75) is 20.7 Å². The summed E-state index contributed by atoms with van der Waals surface area (Å²) in [7, 11) is -2.62. The van der Waals surface area contributed by atoms with E-state index in [1.807, 2.05) is 0 Å². The number of fused-ring (bicyclic) bond motifs is 1. The summed E-state index contributed by atoms with van der Waals surface area (Å²) in [6.45, 7) is 1.04. The van der Waals surface area contributed by atoms with Crippen LogP contribution in [-0.4, -0.2) is 22.0 Å². The zero-order valence-electron chi connectivity index (χ0n) is 21.6. The standard InChI is InChI=1S/C21H21N5O3/c1-11-7-15(9-18(28-4)13(11)3)24-20-22-10-12(2)19(26-20)23-14-5-6-17-16(8-14)25-21(27)29-17/h5-10H,1-4H3,(H,25,27)(H2,22,23,24,26)/i2D3,4D3. The third-order valence-corrected chi connectivity index (χ3v) is 4.46. The molecule has 0 unspecified atom stereocenters. The van der Waals surface area contributed by atoms with Gasteiger partial charge in [-0.2, -0.15) is 4.98 Å². The van der Waals surface area contributed by atoms with Crippen LogP contribution in [-0.2, 0) is 0 Å². The molecule has 2 aromatic carbocycles. The van der Waals surface area contributed by atoms with Crippen molar-refractivity contribution in [1.82, 2.24) is 15.0 Å². The number of aryl methyl sites for hydroxylation is 2. The van der Waals surface area contributed by atoms with Crippen LogP contribution in [0, 0.1) is 20.7 Å². The van der Waals surface area contributed by atoms with Gasteiger partial charge in [-0.1, -0.05) is 0 Å². The molecule has 0 aliphatic heterocycles. The van der Waals surface area contributed by atoms with Crippen LogP contribution in [0.4, 0.5) is 23.1 Å². The first-order valence-electron chi connectivity index (χ1n) is 11.6. The molecule has 4 aromatic rings. The SMILES string of the molecule is [2H]C([2H])([2H])Oc1cc(Nc2ncc(C([2H])([2H])[2H])c(Nc3ccc4oc(=O)[nH]c4c3)n2)cc(C)c1C. The Kier molecular flexibility index (Phi) is 3.18. The fourth-order valence-corrected chi connectivity index (χ4v) is 2.84. The second kappa shape index (κ2) is 7.31. The first kappa shape index (κ1) is 12.6. The number of methoxy groups -OCH3 is 1. The third kappa shape index (κ3) is 3.77. The van der Waals surface area contributed by atoms with Crippen molar-refractivity contribution in [2.75, 3.05) is 17.7 Å². The zero-order chi connectivity index (χ0) is 25.5. The highest BCUT2D eigenvalue weighted by molar-refractivity contribution is 5.78. The molecule has 0 aliphatic rings. The number of anilines is 4. The monoisotopic (exact) mass is 397 g/mol. The van der Waals surface area contributed by atoms with Gasteiger partial charge in [0.15, 0.2) is 5.58 Å². The number of hydrogen-bond acceptors (Lipinski definition) is 7. The summed E-state index contributed by atoms with van der Waals surface area (Å²) in [4.78, 5) is 22.4. The Labute approximate surface area is 175 Å². The van der Waals surface area contributed by atoms with E-state index in [4.69, 9.17) is 17.4 Å². The minimum absolute atomic E-state index is 0.0236. The highest BCUT2D eigenvalue weighted by Gasteiger charge is 2.09. The van der Waals surface area contributed by atoms with E-state index in [-0.39, 0.29) is 23.1 Å². The highest BCUT2D eigenvalue weighted by atomic mass is 16.5. The first-order valence-corrected chi connectivity index (χ1v) is 8.63. The van der Waals surface area contributed by atoms with Crippen LogP contribution in [0.3, 0.4) is 0 Å². The largest absolute Gasteiger partial charge is 0.496 e. The molecule has 0 atom stereocenters. The van der Waals surface area contributed by atoms with E-state index in [2.05, 4.69) is 25.6 Å². The minimum Gasteiger partial charge on any atom is -0.496 e. The number of aromatic amines is 1. The number of ether oxygens (including phenoxy) is 1. The summed E-state index contributed by atoms with van der Waals surface area (Å²) in [5, 5.41) is 5.92. The van der Waals surface area contributed by atoms with Crippen LogP contribution >= 0.6 is 0 Å². The fraction of sp³-hybridized carbons (Fsp3) is 0.190. The van der Waals surface area contributed by atoms with Gasteiger partial charge >= 0.3 is 5.76 Å². The van der Waals surface area contributed by atoms with Crippen LogP contribution in [0.25, 0.3) is 11.1 Å². The molecule has 8 nitrogen and oxygen atoms in total. The summed E-state index contributed by atoms with van der Waals surface area (Å²) in [6, 6.07) is 8.03. The second-order valence-corrected chi connectivity index (χ2v) is 6.45. The Hall–Kier alpha value is -3.81. The van der Waals surface area contributed by atoms with Gasteiger partial charge in [0.1, 0.15) is 11.6 Å². The maximum Gasteiger partial charge on any atom is 0.417 e. The lowest BCUT2D eigenvalue weighted by atomic mass is 10.1. The Balaban J connectivity index is 1.69. The van der Waals surface area contributed by atoms with E-state index in [1.54, 1.807) is 38.1 Å². The second-order valence-electron chi connectivity index (χ2n) is 6.45. The van der Waals surface area contributed by atoms with Crippen molar-refractivity contribution < 1.29 is 17.4 Å². The topological polar surface area (TPSA) is 105 Å². The molecule has 0 spiro atoms. The lowest BCUT2D eigenvalue weighted by molar-refractivity contribution is 0.411. The van der Waals surface area contributed by atoms with Crippen LogP contribution in [0.1, 0.15) is 24.9 Å². The Morgan fingerprint density at radius 3 is 2.86 bits per heavy atom. The summed E-state index contributed by atoms with van der Waals surface area (Å²) < 4.78 is 55.7. The lowest BCUT2D eigenvalue weighted by Crippen LogP contribution is -2.03. The van der Waals surface area contributed by atoms with Gasteiger partial charge in [0.2, 0.25) is 5.95 Å². The van der Waals surface area contributed by atoms with Gasteiger partial charge < -0.3 is 19.8 Å². The summed E-state index contributed by atoms with van der Waals surface area (Å²) in [5.41, 5.74) is 3.03. The number of rotatable bonds is 5. The molecule has 0 fully saturated rings. The number of benzene rings is 2. The van der Waals surface area contributed by atoms with E-state index in [0.29, 0.717) is 28.0 Å². The van der Waals surface area contributed by atoms with Crippen molar-refractivity contribution in [3.8, 4) is 5.75 Å². The van der Waals surface area contributed by atoms with Gasteiger partial charge in [0, 0.05) is 33.3 Å². The van der Waals surface area contributed by atoms with Crippen molar-refractivity contribution in [1.29, 1.82) is 0 Å². The van der Waals surface area contributed by atoms with Gasteiger partial charge in [-0.3, -0.25) is 4.98 Å². The lowest BCUT2D eigenvalue weighted by Gasteiger charge is -2.13.